The van der Waals surface area contributed by atoms with E-state index in [-0.39, 0.29) is 6.04 Å². The summed E-state index contributed by atoms with van der Waals surface area (Å²) >= 11 is 7.74. The zero-order valence-corrected chi connectivity index (χ0v) is 19.4. The number of piperidine rings is 1. The van der Waals surface area contributed by atoms with E-state index in [0.29, 0.717) is 41.7 Å². The van der Waals surface area contributed by atoms with Gasteiger partial charge in [-0.3, -0.25) is 4.79 Å². The number of ether oxygens (including phenoxy) is 2. The van der Waals surface area contributed by atoms with Gasteiger partial charge in [-0.15, -0.1) is 0 Å². The lowest BCUT2D eigenvalue weighted by Gasteiger charge is -2.38. The number of rotatable bonds is 1. The standard InChI is InChI=1S/C22H22ClN3O3S.CH4O/c23-18-11-20-19(10-16(18)12-24)25-30-22-9-15(13-27)4-5-21(22)29-8-7-28-14-17-3-1-2-6-26(17)20;1-2/h4-5,9-11,13,17,25H,1-3,6-8,14H2;2H,1H3. The zero-order valence-electron chi connectivity index (χ0n) is 17.8. The van der Waals surface area contributed by atoms with Crippen molar-refractivity contribution in [1.82, 2.24) is 0 Å². The molecule has 0 radical (unpaired) electrons. The second kappa shape index (κ2) is 12.0. The van der Waals surface area contributed by atoms with E-state index in [0.717, 1.165) is 55.5 Å². The van der Waals surface area contributed by atoms with Crippen LogP contribution < -0.4 is 14.4 Å². The average molecular weight is 476 g/mol. The van der Waals surface area contributed by atoms with Crippen LogP contribution in [-0.4, -0.2) is 50.9 Å². The van der Waals surface area contributed by atoms with E-state index >= 15 is 0 Å². The smallest absolute Gasteiger partial charge is 0.150 e. The summed E-state index contributed by atoms with van der Waals surface area (Å²) < 4.78 is 15.2. The number of fused-ring (bicyclic) bond motifs is 4. The Balaban J connectivity index is 0.00000141. The predicted octanol–water partition coefficient (Wildman–Crippen LogP) is 4.52. The van der Waals surface area contributed by atoms with Crippen LogP contribution >= 0.6 is 23.5 Å². The van der Waals surface area contributed by atoms with Gasteiger partial charge in [-0.1, -0.05) is 11.6 Å². The van der Waals surface area contributed by atoms with Crippen molar-refractivity contribution < 1.29 is 19.4 Å². The van der Waals surface area contributed by atoms with Crippen LogP contribution in [0.3, 0.4) is 0 Å². The molecule has 1 saturated heterocycles. The van der Waals surface area contributed by atoms with Crippen molar-refractivity contribution in [3.8, 4) is 11.8 Å². The molecule has 2 aromatic rings. The van der Waals surface area contributed by atoms with Gasteiger partial charge in [0.05, 0.1) is 46.1 Å². The number of aliphatic hydroxyl groups excluding tert-OH is 1. The Morgan fingerprint density at radius 1 is 1.28 bits per heavy atom. The molecular formula is C23H26ClN3O4S. The van der Waals surface area contributed by atoms with Crippen molar-refractivity contribution in [2.24, 2.45) is 0 Å². The van der Waals surface area contributed by atoms with Gasteiger partial charge < -0.3 is 24.2 Å². The van der Waals surface area contributed by atoms with Crippen LogP contribution in [0.25, 0.3) is 0 Å². The van der Waals surface area contributed by atoms with Gasteiger partial charge in [0.25, 0.3) is 0 Å². The first-order valence-corrected chi connectivity index (χ1v) is 11.6. The van der Waals surface area contributed by atoms with Crippen LogP contribution in [0, 0.1) is 11.3 Å². The Bertz CT molecular complexity index is 982. The van der Waals surface area contributed by atoms with Gasteiger partial charge in [0, 0.05) is 19.2 Å². The summed E-state index contributed by atoms with van der Waals surface area (Å²) in [6.45, 7) is 2.42. The second-order valence-electron chi connectivity index (χ2n) is 7.26. The molecule has 2 aliphatic rings. The van der Waals surface area contributed by atoms with Gasteiger partial charge >= 0.3 is 0 Å². The maximum absolute atomic E-state index is 11.2. The van der Waals surface area contributed by atoms with E-state index in [9.17, 15) is 10.1 Å². The number of halogens is 1. The van der Waals surface area contributed by atoms with Crippen LogP contribution in [-0.2, 0) is 4.74 Å². The fraction of sp³-hybridized carbons (Fsp3) is 0.391. The maximum Gasteiger partial charge on any atom is 0.150 e. The first kappa shape index (κ1) is 24.2. The number of anilines is 2. The molecule has 2 heterocycles. The van der Waals surface area contributed by atoms with Gasteiger partial charge in [-0.25, -0.2) is 0 Å². The number of nitrogens with one attached hydrogen (secondary N) is 1. The third-order valence-corrected chi connectivity index (χ3v) is 6.49. The molecule has 32 heavy (non-hydrogen) atoms. The Morgan fingerprint density at radius 3 is 2.91 bits per heavy atom. The fourth-order valence-corrected chi connectivity index (χ4v) is 4.80. The average Bonchev–Trinajstić information content (AvgIpc) is 2.85. The molecule has 0 aromatic heterocycles. The highest BCUT2D eigenvalue weighted by Gasteiger charge is 2.26. The fourth-order valence-electron chi connectivity index (χ4n) is 3.80. The highest BCUT2D eigenvalue weighted by Crippen LogP contribution is 2.39. The number of nitrogens with zero attached hydrogens (tertiary/aromatic N) is 2. The number of nitriles is 1. The van der Waals surface area contributed by atoms with E-state index in [4.69, 9.17) is 26.2 Å². The number of aldehydes is 1. The van der Waals surface area contributed by atoms with E-state index in [1.807, 2.05) is 6.07 Å². The topological polar surface area (TPSA) is 94.8 Å². The highest BCUT2D eigenvalue weighted by molar-refractivity contribution is 8.00. The molecule has 9 heteroatoms. The van der Waals surface area contributed by atoms with Gasteiger partial charge in [0.2, 0.25) is 0 Å². The number of hydrogen-bond acceptors (Lipinski definition) is 8. The van der Waals surface area contributed by atoms with Crippen LogP contribution in [0.1, 0.15) is 35.2 Å². The summed E-state index contributed by atoms with van der Waals surface area (Å²) in [6, 6.07) is 11.3. The van der Waals surface area contributed by atoms with Crippen molar-refractivity contribution in [2.45, 2.75) is 30.2 Å². The third kappa shape index (κ3) is 5.67. The number of carbonyl (C=O) groups is 1. The molecule has 0 bridgehead atoms. The summed E-state index contributed by atoms with van der Waals surface area (Å²) in [6.07, 6.45) is 4.09. The Morgan fingerprint density at radius 2 is 2.12 bits per heavy atom. The van der Waals surface area contributed by atoms with Crippen molar-refractivity contribution in [3.63, 3.8) is 0 Å². The molecule has 1 unspecified atom stereocenters. The SMILES string of the molecule is CO.N#Cc1cc2c(cc1Cl)N1CCCCC1COCCOc1ccc(C=O)cc1SN2. The first-order chi connectivity index (χ1) is 15.7. The van der Waals surface area contributed by atoms with Crippen molar-refractivity contribution >= 4 is 41.2 Å². The maximum atomic E-state index is 11.2. The molecule has 1 fully saturated rings. The molecule has 7 nitrogen and oxygen atoms in total. The monoisotopic (exact) mass is 475 g/mol. The number of benzene rings is 2. The van der Waals surface area contributed by atoms with Crippen LogP contribution in [0.15, 0.2) is 35.2 Å². The minimum absolute atomic E-state index is 0.234. The lowest BCUT2D eigenvalue weighted by Crippen LogP contribution is -2.43. The molecule has 1 atom stereocenters. The molecule has 0 amide bonds. The van der Waals surface area contributed by atoms with Gasteiger partial charge in [-0.2, -0.15) is 5.26 Å². The Labute approximate surface area is 197 Å². The lowest BCUT2D eigenvalue weighted by molar-refractivity contribution is 0.0835. The van der Waals surface area contributed by atoms with Crippen molar-refractivity contribution in [2.75, 3.05) is 43.1 Å². The number of carbonyl (C=O) groups excluding carboxylic acids is 1. The summed E-state index contributed by atoms with van der Waals surface area (Å²) in [5.74, 6) is 0.676. The van der Waals surface area contributed by atoms with E-state index < -0.39 is 0 Å². The second-order valence-corrected chi connectivity index (χ2v) is 8.51. The molecule has 4 rings (SSSR count). The molecule has 2 aromatic carbocycles. The number of aliphatic hydroxyl groups is 1. The first-order valence-electron chi connectivity index (χ1n) is 10.4. The molecular weight excluding hydrogens is 450 g/mol. The Kier molecular flexibility index (Phi) is 9.06. The normalized spacial score (nSPS) is 18.2. The molecule has 0 aliphatic carbocycles. The summed E-state index contributed by atoms with van der Waals surface area (Å²) in [7, 11) is 1.00. The van der Waals surface area contributed by atoms with Crippen molar-refractivity contribution in [1.29, 1.82) is 5.26 Å². The third-order valence-electron chi connectivity index (χ3n) is 5.31. The lowest BCUT2D eigenvalue weighted by atomic mass is 10.0. The summed E-state index contributed by atoms with van der Waals surface area (Å²) in [5, 5.41) is 16.9. The summed E-state index contributed by atoms with van der Waals surface area (Å²) in [5.41, 5.74) is 2.73. The largest absolute Gasteiger partial charge is 0.490 e. The minimum Gasteiger partial charge on any atom is -0.490 e. The van der Waals surface area contributed by atoms with E-state index in [1.165, 1.54) is 11.9 Å². The van der Waals surface area contributed by atoms with Gasteiger partial charge in [0.1, 0.15) is 24.7 Å². The predicted molar refractivity (Wildman–Crippen MR) is 127 cm³/mol. The highest BCUT2D eigenvalue weighted by atomic mass is 35.5. The molecule has 0 saturated carbocycles. The Hall–Kier alpha value is -2.44. The van der Waals surface area contributed by atoms with Crippen LogP contribution in [0.4, 0.5) is 11.4 Å². The van der Waals surface area contributed by atoms with Gasteiger partial charge in [0.15, 0.2) is 0 Å². The zero-order chi connectivity index (χ0) is 22.9. The van der Waals surface area contributed by atoms with E-state index in [2.05, 4.69) is 15.7 Å². The van der Waals surface area contributed by atoms with Crippen molar-refractivity contribution in [3.05, 3.63) is 46.5 Å². The quantitative estimate of drug-likeness (QED) is 0.459. The molecule has 0 spiro atoms. The van der Waals surface area contributed by atoms with E-state index in [1.54, 1.807) is 24.3 Å². The molecule has 170 valence electrons. The molecule has 2 aliphatic heterocycles. The molecule has 2 N–H and O–H groups in total. The summed E-state index contributed by atoms with van der Waals surface area (Å²) in [4.78, 5) is 14.3. The number of hydrogen-bond donors (Lipinski definition) is 2. The minimum atomic E-state index is 0.234. The van der Waals surface area contributed by atoms with Crippen LogP contribution in [0.2, 0.25) is 5.02 Å². The van der Waals surface area contributed by atoms with Gasteiger partial charge in [-0.05, 0) is 61.5 Å². The van der Waals surface area contributed by atoms with Crippen LogP contribution in [0.5, 0.6) is 5.75 Å².